The minimum atomic E-state index is 0.556. The monoisotopic (exact) mass is 492 g/mol. The fraction of sp³-hybridized carbons (Fsp3) is 0.0588. The molecule has 38 heavy (non-hydrogen) atoms. The van der Waals surface area contributed by atoms with Gasteiger partial charge in [-0.05, 0) is 46.5 Å². The van der Waals surface area contributed by atoms with E-state index in [2.05, 4.69) is 81.9 Å². The highest BCUT2D eigenvalue weighted by Gasteiger charge is 2.03. The van der Waals surface area contributed by atoms with Crippen LogP contribution in [0.1, 0.15) is 22.3 Å². The summed E-state index contributed by atoms with van der Waals surface area (Å²) in [6, 6.07) is 37.2. The van der Waals surface area contributed by atoms with Gasteiger partial charge in [0.2, 0.25) is 0 Å². The van der Waals surface area contributed by atoms with Gasteiger partial charge in [0.1, 0.15) is 0 Å². The Morgan fingerprint density at radius 1 is 0.474 bits per heavy atom. The van der Waals surface area contributed by atoms with Crippen LogP contribution in [-0.2, 0) is 13.1 Å². The summed E-state index contributed by atoms with van der Waals surface area (Å²) in [5.41, 5.74) is 6.92. The Hall–Kier alpha value is -4.96. The standard InChI is InChI=1S/C34H28N4/c35-31-19-21-37(33-7-3-1-5-29(31)33)23-27-15-11-25(12-16-27)9-10-26-13-17-28(18-14-26)24-38-22-20-32(36)30-6-2-4-8-34(30)38/h1-22,35-36H,23-24H2/b10-9+,35-31?,36-32?. The number of rotatable bonds is 6. The van der Waals surface area contributed by atoms with Crippen molar-refractivity contribution in [3.8, 4) is 0 Å². The Labute approximate surface area is 221 Å². The van der Waals surface area contributed by atoms with Crippen molar-refractivity contribution in [3.05, 3.63) is 155 Å². The topological polar surface area (TPSA) is 57.6 Å². The maximum atomic E-state index is 8.16. The number of fused-ring (bicyclic) bond motifs is 2. The summed E-state index contributed by atoms with van der Waals surface area (Å²) in [6.07, 6.45) is 8.28. The Morgan fingerprint density at radius 3 is 1.29 bits per heavy atom. The lowest BCUT2D eigenvalue weighted by molar-refractivity contribution is 0.824. The van der Waals surface area contributed by atoms with Gasteiger partial charge >= 0.3 is 0 Å². The van der Waals surface area contributed by atoms with Crippen LogP contribution in [0.3, 0.4) is 0 Å². The van der Waals surface area contributed by atoms with Crippen LogP contribution in [0.15, 0.2) is 122 Å². The van der Waals surface area contributed by atoms with E-state index in [0.717, 1.165) is 46.0 Å². The maximum absolute atomic E-state index is 8.16. The van der Waals surface area contributed by atoms with Crippen molar-refractivity contribution in [2.45, 2.75) is 13.1 Å². The van der Waals surface area contributed by atoms with Crippen molar-refractivity contribution in [1.82, 2.24) is 9.13 Å². The van der Waals surface area contributed by atoms with Crippen molar-refractivity contribution < 1.29 is 0 Å². The number of benzene rings is 4. The molecular weight excluding hydrogens is 464 g/mol. The fourth-order valence-corrected chi connectivity index (χ4v) is 4.90. The number of aromatic nitrogens is 2. The maximum Gasteiger partial charge on any atom is 0.0647 e. The van der Waals surface area contributed by atoms with E-state index >= 15 is 0 Å². The average molecular weight is 493 g/mol. The Morgan fingerprint density at radius 2 is 0.868 bits per heavy atom. The molecule has 4 aromatic carbocycles. The number of pyridine rings is 2. The molecule has 0 spiro atoms. The SMILES string of the molecule is N=c1ccn(Cc2ccc(/C=C/c3ccc(Cn4ccc(=N)c5ccccc54)cc3)cc2)c2ccccc12. The second-order valence-corrected chi connectivity index (χ2v) is 9.57. The largest absolute Gasteiger partial charge is 0.343 e. The molecule has 6 rings (SSSR count). The fourth-order valence-electron chi connectivity index (χ4n) is 4.90. The first-order chi connectivity index (χ1) is 18.6. The Kier molecular flexibility index (Phi) is 6.29. The van der Waals surface area contributed by atoms with E-state index in [9.17, 15) is 0 Å². The van der Waals surface area contributed by atoms with Gasteiger partial charge in [-0.3, -0.25) is 0 Å². The summed E-state index contributed by atoms with van der Waals surface area (Å²) >= 11 is 0. The Bertz CT molecular complexity index is 1750. The van der Waals surface area contributed by atoms with Crippen LogP contribution in [0.5, 0.6) is 0 Å². The molecule has 0 aliphatic carbocycles. The lowest BCUT2D eigenvalue weighted by atomic mass is 10.1. The molecule has 0 aliphatic rings. The van der Waals surface area contributed by atoms with Crippen LogP contribution >= 0.6 is 0 Å². The van der Waals surface area contributed by atoms with Gasteiger partial charge in [-0.25, -0.2) is 0 Å². The zero-order valence-corrected chi connectivity index (χ0v) is 21.0. The number of hydrogen-bond donors (Lipinski definition) is 2. The molecule has 2 N–H and O–H groups in total. The molecule has 0 radical (unpaired) electrons. The summed E-state index contributed by atoms with van der Waals surface area (Å²) in [5, 5.41) is 19.4. The van der Waals surface area contributed by atoms with E-state index in [4.69, 9.17) is 10.8 Å². The third-order valence-corrected chi connectivity index (χ3v) is 6.98. The first-order valence-corrected chi connectivity index (χ1v) is 12.8. The van der Waals surface area contributed by atoms with E-state index in [1.54, 1.807) is 0 Å². The lowest BCUT2D eigenvalue weighted by Crippen LogP contribution is -2.08. The van der Waals surface area contributed by atoms with Gasteiger partial charge in [-0.1, -0.05) is 97.1 Å². The van der Waals surface area contributed by atoms with Crippen LogP contribution in [0.2, 0.25) is 0 Å². The molecule has 0 bridgehead atoms. The first kappa shape index (κ1) is 23.4. The van der Waals surface area contributed by atoms with Crippen molar-refractivity contribution in [2.24, 2.45) is 0 Å². The lowest BCUT2D eigenvalue weighted by Gasteiger charge is -2.12. The van der Waals surface area contributed by atoms with Crippen LogP contribution in [-0.4, -0.2) is 9.13 Å². The highest BCUT2D eigenvalue weighted by molar-refractivity contribution is 5.79. The molecular formula is C34H28N4. The highest BCUT2D eigenvalue weighted by Crippen LogP contribution is 2.16. The van der Waals surface area contributed by atoms with E-state index in [0.29, 0.717) is 10.7 Å². The van der Waals surface area contributed by atoms with Gasteiger partial charge in [-0.2, -0.15) is 0 Å². The molecule has 0 amide bonds. The third-order valence-electron chi connectivity index (χ3n) is 6.98. The molecule has 6 aromatic rings. The van der Waals surface area contributed by atoms with Crippen LogP contribution in [0, 0.1) is 10.8 Å². The van der Waals surface area contributed by atoms with Gasteiger partial charge in [0.05, 0.1) is 21.7 Å². The first-order valence-electron chi connectivity index (χ1n) is 12.8. The molecule has 0 atom stereocenters. The number of nitrogens with zero attached hydrogens (tertiary/aromatic N) is 2. The second-order valence-electron chi connectivity index (χ2n) is 9.57. The second kappa shape index (κ2) is 10.2. The van der Waals surface area contributed by atoms with E-state index < -0.39 is 0 Å². The summed E-state index contributed by atoms with van der Waals surface area (Å²) in [4.78, 5) is 0. The predicted molar refractivity (Wildman–Crippen MR) is 156 cm³/mol. The molecule has 0 aliphatic heterocycles. The van der Waals surface area contributed by atoms with Crippen LogP contribution in [0.4, 0.5) is 0 Å². The molecule has 2 aromatic heterocycles. The van der Waals surface area contributed by atoms with Crippen LogP contribution < -0.4 is 10.7 Å². The molecule has 4 nitrogen and oxygen atoms in total. The molecule has 2 heterocycles. The molecule has 0 fully saturated rings. The van der Waals surface area contributed by atoms with E-state index in [-0.39, 0.29) is 0 Å². The minimum absolute atomic E-state index is 0.556. The van der Waals surface area contributed by atoms with Crippen molar-refractivity contribution >= 4 is 34.0 Å². The minimum Gasteiger partial charge on any atom is -0.343 e. The number of nitrogens with one attached hydrogen (secondary N) is 2. The van der Waals surface area contributed by atoms with Gasteiger partial charge < -0.3 is 20.0 Å². The zero-order chi connectivity index (χ0) is 25.9. The zero-order valence-electron chi connectivity index (χ0n) is 21.0. The molecule has 4 heteroatoms. The molecule has 0 saturated carbocycles. The van der Waals surface area contributed by atoms with Crippen molar-refractivity contribution in [1.29, 1.82) is 10.8 Å². The van der Waals surface area contributed by atoms with Crippen molar-refractivity contribution in [3.63, 3.8) is 0 Å². The average Bonchev–Trinajstić information content (AvgIpc) is 2.97. The third kappa shape index (κ3) is 4.84. The smallest absolute Gasteiger partial charge is 0.0647 e. The van der Waals surface area contributed by atoms with Gasteiger partial charge in [0.15, 0.2) is 0 Å². The molecule has 184 valence electrons. The summed E-state index contributed by atoms with van der Waals surface area (Å²) < 4.78 is 4.39. The summed E-state index contributed by atoms with van der Waals surface area (Å²) in [5.74, 6) is 0. The van der Waals surface area contributed by atoms with Gasteiger partial charge in [0, 0.05) is 36.3 Å². The molecule has 0 unspecified atom stereocenters. The summed E-state index contributed by atoms with van der Waals surface area (Å²) in [6.45, 7) is 1.54. The van der Waals surface area contributed by atoms with Crippen molar-refractivity contribution in [2.75, 3.05) is 0 Å². The normalized spacial score (nSPS) is 11.5. The highest BCUT2D eigenvalue weighted by atomic mass is 14.9. The Balaban J connectivity index is 1.14. The van der Waals surface area contributed by atoms with Gasteiger partial charge in [-0.15, -0.1) is 0 Å². The van der Waals surface area contributed by atoms with E-state index in [1.807, 2.05) is 60.9 Å². The van der Waals surface area contributed by atoms with E-state index in [1.165, 1.54) is 11.1 Å². The summed E-state index contributed by atoms with van der Waals surface area (Å²) in [7, 11) is 0. The quantitative estimate of drug-likeness (QED) is 0.240. The number of para-hydroxylation sites is 2. The van der Waals surface area contributed by atoms with Crippen LogP contribution in [0.25, 0.3) is 34.0 Å². The number of hydrogen-bond acceptors (Lipinski definition) is 2. The van der Waals surface area contributed by atoms with Gasteiger partial charge in [0.25, 0.3) is 0 Å². The predicted octanol–water partition coefficient (Wildman–Crippen LogP) is 6.82. The molecule has 0 saturated heterocycles.